The van der Waals surface area contributed by atoms with Gasteiger partial charge in [-0.15, -0.1) is 0 Å². The highest BCUT2D eigenvalue weighted by Crippen LogP contribution is 2.26. The highest BCUT2D eigenvalue weighted by atomic mass is 16.5. The van der Waals surface area contributed by atoms with E-state index >= 15 is 0 Å². The first-order valence-electron chi connectivity index (χ1n) is 8.43. The summed E-state index contributed by atoms with van der Waals surface area (Å²) in [5.74, 6) is 1.12. The first-order chi connectivity index (χ1) is 11.8. The number of ether oxygens (including phenoxy) is 1. The molecule has 1 N–H and O–H groups in total. The number of anilines is 1. The zero-order chi connectivity index (χ0) is 16.8. The Morgan fingerprint density at radius 2 is 2.21 bits per heavy atom. The predicted octanol–water partition coefficient (Wildman–Crippen LogP) is 3.10. The number of nitrogens with zero attached hydrogens (tertiary/aromatic N) is 2. The van der Waals surface area contributed by atoms with Crippen LogP contribution in [0.15, 0.2) is 41.1 Å². The van der Waals surface area contributed by atoms with Crippen molar-refractivity contribution in [1.82, 2.24) is 9.88 Å². The molecule has 2 aromatic heterocycles. The summed E-state index contributed by atoms with van der Waals surface area (Å²) < 4.78 is 10.7. The van der Waals surface area contributed by atoms with E-state index < -0.39 is 0 Å². The number of likely N-dealkylation sites (tertiary alicyclic amines) is 1. The lowest BCUT2D eigenvalue weighted by molar-refractivity contribution is 0.0527. The van der Waals surface area contributed by atoms with Crippen molar-refractivity contribution in [1.29, 1.82) is 0 Å². The van der Waals surface area contributed by atoms with Crippen molar-refractivity contribution in [2.24, 2.45) is 0 Å². The van der Waals surface area contributed by atoms with Crippen LogP contribution in [0, 0.1) is 0 Å². The van der Waals surface area contributed by atoms with Gasteiger partial charge >= 0.3 is 5.97 Å². The molecule has 24 heavy (non-hydrogen) atoms. The quantitative estimate of drug-likeness (QED) is 0.787. The molecule has 0 radical (unpaired) electrons. The van der Waals surface area contributed by atoms with E-state index in [1.807, 2.05) is 12.1 Å². The number of furan rings is 1. The third-order valence-electron chi connectivity index (χ3n) is 4.22. The second-order valence-electron chi connectivity index (χ2n) is 5.78. The topological polar surface area (TPSA) is 67.6 Å². The van der Waals surface area contributed by atoms with E-state index in [-0.39, 0.29) is 12.0 Å². The summed E-state index contributed by atoms with van der Waals surface area (Å²) in [6.45, 7) is 4.87. The molecule has 0 aromatic carbocycles. The zero-order valence-electron chi connectivity index (χ0n) is 13.9. The smallest absolute Gasteiger partial charge is 0.341 e. The lowest BCUT2D eigenvalue weighted by Crippen LogP contribution is -2.31. The summed E-state index contributed by atoms with van der Waals surface area (Å²) in [4.78, 5) is 18.8. The van der Waals surface area contributed by atoms with E-state index in [4.69, 9.17) is 9.15 Å². The van der Waals surface area contributed by atoms with Gasteiger partial charge < -0.3 is 14.5 Å². The van der Waals surface area contributed by atoms with Gasteiger partial charge in [0.25, 0.3) is 0 Å². The second-order valence-corrected chi connectivity index (χ2v) is 5.78. The maximum atomic E-state index is 12.1. The minimum atomic E-state index is -0.358. The average Bonchev–Trinajstić information content (AvgIpc) is 3.30. The number of nitrogens with one attached hydrogen (secondary N) is 1. The second kappa shape index (κ2) is 7.97. The van der Waals surface area contributed by atoms with Crippen molar-refractivity contribution >= 4 is 11.8 Å². The number of carbonyl (C=O) groups excluding carboxylic acids is 1. The Kier molecular flexibility index (Phi) is 5.48. The maximum absolute atomic E-state index is 12.1. The normalized spacial score (nSPS) is 16.0. The molecule has 0 amide bonds. The van der Waals surface area contributed by atoms with Crippen molar-refractivity contribution in [3.63, 3.8) is 0 Å². The number of hydrogen-bond donors (Lipinski definition) is 1. The molecule has 2 aromatic rings. The van der Waals surface area contributed by atoms with Crippen molar-refractivity contribution in [3.8, 4) is 0 Å². The van der Waals surface area contributed by atoms with Gasteiger partial charge in [0.2, 0.25) is 0 Å². The van der Waals surface area contributed by atoms with Gasteiger partial charge in [-0.25, -0.2) is 9.78 Å². The molecule has 0 aliphatic carbocycles. The Morgan fingerprint density at radius 3 is 2.92 bits per heavy atom. The molecule has 1 fully saturated rings. The Balaban J connectivity index is 1.74. The van der Waals surface area contributed by atoms with Gasteiger partial charge in [0, 0.05) is 12.7 Å². The third-order valence-corrected chi connectivity index (χ3v) is 4.22. The van der Waals surface area contributed by atoms with Crippen molar-refractivity contribution in [3.05, 3.63) is 48.0 Å². The average molecular weight is 329 g/mol. The van der Waals surface area contributed by atoms with E-state index in [2.05, 4.69) is 15.2 Å². The van der Waals surface area contributed by atoms with Gasteiger partial charge in [-0.05, 0) is 57.1 Å². The summed E-state index contributed by atoms with van der Waals surface area (Å²) in [6, 6.07) is 7.49. The van der Waals surface area contributed by atoms with Crippen LogP contribution < -0.4 is 5.32 Å². The number of pyridine rings is 1. The van der Waals surface area contributed by atoms with Gasteiger partial charge in [-0.3, -0.25) is 4.90 Å². The van der Waals surface area contributed by atoms with Crippen LogP contribution in [-0.2, 0) is 4.74 Å². The molecule has 0 unspecified atom stereocenters. The van der Waals surface area contributed by atoms with Gasteiger partial charge in [0.15, 0.2) is 0 Å². The van der Waals surface area contributed by atoms with E-state index in [1.54, 1.807) is 31.5 Å². The van der Waals surface area contributed by atoms with Gasteiger partial charge in [0.1, 0.15) is 17.1 Å². The van der Waals surface area contributed by atoms with Crippen LogP contribution in [-0.4, -0.2) is 42.1 Å². The van der Waals surface area contributed by atoms with Crippen LogP contribution in [0.3, 0.4) is 0 Å². The van der Waals surface area contributed by atoms with E-state index in [1.165, 1.54) is 12.8 Å². The zero-order valence-corrected chi connectivity index (χ0v) is 13.9. The number of rotatable bonds is 7. The minimum absolute atomic E-state index is 0.125. The fraction of sp³-hybridized carbons (Fsp3) is 0.444. The van der Waals surface area contributed by atoms with E-state index in [0.717, 1.165) is 18.8 Å². The molecule has 1 saturated heterocycles. The Hall–Kier alpha value is -2.34. The third kappa shape index (κ3) is 3.76. The van der Waals surface area contributed by atoms with Crippen LogP contribution in [0.5, 0.6) is 0 Å². The summed E-state index contributed by atoms with van der Waals surface area (Å²) >= 11 is 0. The number of aromatic nitrogens is 1. The van der Waals surface area contributed by atoms with Crippen molar-refractivity contribution in [2.75, 3.05) is 31.6 Å². The first-order valence-corrected chi connectivity index (χ1v) is 8.43. The SMILES string of the molecule is CCOC(=O)c1cccnc1NC[C@@H](c1ccco1)N1CCCC1. The molecule has 0 saturated carbocycles. The Labute approximate surface area is 141 Å². The van der Waals surface area contributed by atoms with Gasteiger partial charge in [-0.2, -0.15) is 0 Å². The van der Waals surface area contributed by atoms with E-state index in [0.29, 0.717) is 24.5 Å². The van der Waals surface area contributed by atoms with Crippen molar-refractivity contribution in [2.45, 2.75) is 25.8 Å². The summed E-state index contributed by atoms with van der Waals surface area (Å²) in [6.07, 6.45) is 5.77. The molecule has 128 valence electrons. The summed E-state index contributed by atoms with van der Waals surface area (Å²) in [7, 11) is 0. The fourth-order valence-corrected chi connectivity index (χ4v) is 3.06. The van der Waals surface area contributed by atoms with Crippen molar-refractivity contribution < 1.29 is 13.9 Å². The van der Waals surface area contributed by atoms with Crippen LogP contribution in [0.4, 0.5) is 5.82 Å². The largest absolute Gasteiger partial charge is 0.468 e. The maximum Gasteiger partial charge on any atom is 0.341 e. The predicted molar refractivity (Wildman–Crippen MR) is 90.9 cm³/mol. The minimum Gasteiger partial charge on any atom is -0.468 e. The van der Waals surface area contributed by atoms with Crippen LogP contribution in [0.1, 0.15) is 41.9 Å². The van der Waals surface area contributed by atoms with Crippen LogP contribution >= 0.6 is 0 Å². The summed E-state index contributed by atoms with van der Waals surface area (Å²) in [5.41, 5.74) is 0.457. The fourth-order valence-electron chi connectivity index (χ4n) is 3.06. The Bertz CT molecular complexity index is 651. The molecular formula is C18H23N3O3. The molecule has 1 aliphatic heterocycles. The molecule has 6 nitrogen and oxygen atoms in total. The monoisotopic (exact) mass is 329 g/mol. The highest BCUT2D eigenvalue weighted by Gasteiger charge is 2.26. The van der Waals surface area contributed by atoms with Gasteiger partial charge in [-0.1, -0.05) is 0 Å². The number of carbonyl (C=O) groups is 1. The van der Waals surface area contributed by atoms with Crippen LogP contribution in [0.2, 0.25) is 0 Å². The Morgan fingerprint density at radius 1 is 1.38 bits per heavy atom. The lowest BCUT2D eigenvalue weighted by Gasteiger charge is -2.26. The number of esters is 1. The molecular weight excluding hydrogens is 306 g/mol. The lowest BCUT2D eigenvalue weighted by atomic mass is 10.2. The molecule has 1 atom stereocenters. The highest BCUT2D eigenvalue weighted by molar-refractivity contribution is 5.94. The van der Waals surface area contributed by atoms with Crippen LogP contribution in [0.25, 0.3) is 0 Å². The first kappa shape index (κ1) is 16.5. The molecule has 3 rings (SSSR count). The number of hydrogen-bond acceptors (Lipinski definition) is 6. The molecule has 3 heterocycles. The standard InChI is InChI=1S/C18H23N3O3/c1-2-23-18(22)14-7-5-9-19-17(14)20-13-15(16-8-6-12-24-16)21-10-3-4-11-21/h5-9,12,15H,2-4,10-11,13H2,1H3,(H,19,20)/t15-/m0/s1. The summed E-state index contributed by atoms with van der Waals surface area (Å²) in [5, 5.41) is 3.30. The van der Waals surface area contributed by atoms with Gasteiger partial charge in [0.05, 0.1) is 18.9 Å². The molecule has 0 spiro atoms. The molecule has 1 aliphatic rings. The molecule has 0 bridgehead atoms. The van der Waals surface area contributed by atoms with E-state index in [9.17, 15) is 4.79 Å². The molecule has 6 heteroatoms.